The van der Waals surface area contributed by atoms with E-state index in [-0.39, 0.29) is 17.7 Å². The summed E-state index contributed by atoms with van der Waals surface area (Å²) >= 11 is 0. The van der Waals surface area contributed by atoms with Crippen LogP contribution in [0.4, 0.5) is 8.78 Å². The van der Waals surface area contributed by atoms with Crippen LogP contribution in [-0.4, -0.2) is 16.8 Å². The van der Waals surface area contributed by atoms with Gasteiger partial charge in [0.2, 0.25) is 0 Å². The van der Waals surface area contributed by atoms with Gasteiger partial charge in [-0.2, -0.15) is 0 Å². The highest BCUT2D eigenvalue weighted by molar-refractivity contribution is 6.00. The highest BCUT2D eigenvalue weighted by Gasteiger charge is 2.42. The third kappa shape index (κ3) is 3.38. The van der Waals surface area contributed by atoms with Gasteiger partial charge >= 0.3 is 0 Å². The summed E-state index contributed by atoms with van der Waals surface area (Å²) in [5, 5.41) is 12.1. The van der Waals surface area contributed by atoms with Crippen molar-refractivity contribution < 1.29 is 23.5 Å². The summed E-state index contributed by atoms with van der Waals surface area (Å²) < 4.78 is 28.0. The number of carboxylic acids is 1. The van der Waals surface area contributed by atoms with E-state index in [2.05, 4.69) is 0 Å². The molecule has 4 rings (SSSR count). The summed E-state index contributed by atoms with van der Waals surface area (Å²) in [5.41, 5.74) is 1.21. The maximum Gasteiger partial charge on any atom is 0.255 e. The molecule has 146 valence electrons. The van der Waals surface area contributed by atoms with E-state index in [0.717, 1.165) is 0 Å². The molecule has 6 heteroatoms. The largest absolute Gasteiger partial charge is 0.549 e. The maximum atomic E-state index is 14.7. The molecule has 3 aromatic carbocycles. The van der Waals surface area contributed by atoms with Crippen molar-refractivity contribution in [3.63, 3.8) is 0 Å². The molecule has 0 N–H and O–H groups in total. The lowest BCUT2D eigenvalue weighted by Gasteiger charge is -2.43. The van der Waals surface area contributed by atoms with Gasteiger partial charge in [-0.1, -0.05) is 48.5 Å². The molecule has 0 aliphatic carbocycles. The lowest BCUT2D eigenvalue weighted by molar-refractivity contribution is -0.309. The number of halogens is 2. The third-order valence-corrected chi connectivity index (χ3v) is 5.18. The van der Waals surface area contributed by atoms with Crippen molar-refractivity contribution in [1.82, 2.24) is 4.90 Å². The highest BCUT2D eigenvalue weighted by Crippen LogP contribution is 2.43. The highest BCUT2D eigenvalue weighted by atomic mass is 19.1. The van der Waals surface area contributed by atoms with Crippen LogP contribution in [0, 0.1) is 11.6 Å². The van der Waals surface area contributed by atoms with Crippen LogP contribution in [0.5, 0.6) is 0 Å². The molecule has 0 bridgehead atoms. The number of carbonyl (C=O) groups excluding carboxylic acids is 2. The van der Waals surface area contributed by atoms with Crippen LogP contribution in [0.25, 0.3) is 0 Å². The number of amides is 1. The Labute approximate surface area is 166 Å². The number of carbonyl (C=O) groups is 2. The topological polar surface area (TPSA) is 60.4 Å². The zero-order valence-electron chi connectivity index (χ0n) is 15.2. The summed E-state index contributed by atoms with van der Waals surface area (Å²) in [6, 6.07) is 16.6. The summed E-state index contributed by atoms with van der Waals surface area (Å²) in [4.78, 5) is 26.7. The van der Waals surface area contributed by atoms with Crippen LogP contribution in [0.3, 0.4) is 0 Å². The molecule has 29 heavy (non-hydrogen) atoms. The second kappa shape index (κ2) is 7.47. The van der Waals surface area contributed by atoms with E-state index in [1.165, 1.54) is 47.4 Å². The van der Waals surface area contributed by atoms with E-state index in [9.17, 15) is 23.5 Å². The van der Waals surface area contributed by atoms with Crippen LogP contribution >= 0.6 is 0 Å². The Hall–Kier alpha value is -3.54. The minimum Gasteiger partial charge on any atom is -0.549 e. The van der Waals surface area contributed by atoms with Crippen LogP contribution < -0.4 is 5.11 Å². The molecule has 1 aliphatic heterocycles. The van der Waals surface area contributed by atoms with Crippen molar-refractivity contribution in [3.8, 4) is 0 Å². The molecule has 0 saturated carbocycles. The van der Waals surface area contributed by atoms with Gasteiger partial charge in [0.1, 0.15) is 11.6 Å². The first-order valence-electron chi connectivity index (χ1n) is 9.07. The smallest absolute Gasteiger partial charge is 0.255 e. The van der Waals surface area contributed by atoms with Gasteiger partial charge in [-0.15, -0.1) is 0 Å². The molecule has 0 unspecified atom stereocenters. The number of aliphatic carboxylic acids is 1. The van der Waals surface area contributed by atoms with Crippen molar-refractivity contribution in [2.45, 2.75) is 18.5 Å². The van der Waals surface area contributed by atoms with Gasteiger partial charge in [0.15, 0.2) is 0 Å². The van der Waals surface area contributed by atoms with Crippen LogP contribution in [0.2, 0.25) is 0 Å². The molecule has 1 heterocycles. The second-order valence-corrected chi connectivity index (χ2v) is 6.91. The lowest BCUT2D eigenvalue weighted by atomic mass is 9.79. The Bertz CT molecular complexity index is 1080. The second-order valence-electron chi connectivity index (χ2n) is 6.91. The molecule has 1 aliphatic rings. The van der Waals surface area contributed by atoms with Crippen LogP contribution in [0.1, 0.15) is 39.0 Å². The summed E-state index contributed by atoms with van der Waals surface area (Å²) in [6.45, 7) is -0.00374. The number of rotatable bonds is 4. The van der Waals surface area contributed by atoms with E-state index in [1.54, 1.807) is 30.3 Å². The summed E-state index contributed by atoms with van der Waals surface area (Å²) in [7, 11) is 0. The van der Waals surface area contributed by atoms with E-state index in [1.807, 2.05) is 0 Å². The zero-order chi connectivity index (χ0) is 20.5. The zero-order valence-corrected chi connectivity index (χ0v) is 15.2. The van der Waals surface area contributed by atoms with Gasteiger partial charge in [-0.25, -0.2) is 8.78 Å². The maximum absolute atomic E-state index is 14.7. The predicted octanol–water partition coefficient (Wildman–Crippen LogP) is 3.20. The molecule has 0 fully saturated rings. The van der Waals surface area contributed by atoms with Crippen molar-refractivity contribution in [1.29, 1.82) is 0 Å². The molecule has 0 saturated heterocycles. The van der Waals surface area contributed by atoms with Gasteiger partial charge in [0.05, 0.1) is 12.0 Å². The number of carboxylic acid groups (broad SMARTS) is 1. The number of benzene rings is 3. The van der Waals surface area contributed by atoms with Gasteiger partial charge in [-0.3, -0.25) is 4.79 Å². The van der Waals surface area contributed by atoms with E-state index in [0.29, 0.717) is 11.1 Å². The average molecular weight is 392 g/mol. The fourth-order valence-corrected chi connectivity index (χ4v) is 3.87. The van der Waals surface area contributed by atoms with E-state index in [4.69, 9.17) is 0 Å². The number of hydrogen-bond donors (Lipinski definition) is 0. The number of hydrogen-bond acceptors (Lipinski definition) is 3. The van der Waals surface area contributed by atoms with Crippen molar-refractivity contribution in [2.75, 3.05) is 0 Å². The molecule has 0 spiro atoms. The van der Waals surface area contributed by atoms with E-state index < -0.39 is 35.5 Å². The fraction of sp³-hybridized carbons (Fsp3) is 0.130. The Morgan fingerprint density at radius 3 is 2.17 bits per heavy atom. The van der Waals surface area contributed by atoms with Gasteiger partial charge in [0, 0.05) is 23.6 Å². The average Bonchev–Trinajstić information content (AvgIpc) is 2.71. The molecular weight excluding hydrogens is 376 g/mol. The molecular formula is C23H16F2NO3-. The van der Waals surface area contributed by atoms with Crippen molar-refractivity contribution in [2.24, 2.45) is 0 Å². The lowest BCUT2D eigenvalue weighted by Crippen LogP contribution is -2.48. The Kier molecular flexibility index (Phi) is 4.84. The minimum absolute atomic E-state index is 0.00374. The Balaban J connectivity index is 1.90. The first-order chi connectivity index (χ1) is 14.0. The summed E-state index contributed by atoms with van der Waals surface area (Å²) in [6.07, 6.45) is 0. The monoisotopic (exact) mass is 392 g/mol. The first kappa shape index (κ1) is 18.8. The molecule has 4 nitrogen and oxygen atoms in total. The van der Waals surface area contributed by atoms with Gasteiger partial charge < -0.3 is 14.8 Å². The van der Waals surface area contributed by atoms with Crippen molar-refractivity contribution in [3.05, 3.63) is 107 Å². The molecule has 3 aromatic rings. The molecule has 0 radical (unpaired) electrons. The first-order valence-corrected chi connectivity index (χ1v) is 9.07. The standard InChI is InChI=1S/C23H17F2NO3/c24-15-11-9-14(10-12-15)13-26-21(18-7-3-4-8-19(18)25)20(23(28)29)16-5-1-2-6-17(16)22(26)27/h1-12,20-21H,13H2,(H,28,29)/p-1/t20-,21-/m0/s1. The van der Waals surface area contributed by atoms with Gasteiger partial charge in [0.25, 0.3) is 5.91 Å². The quantitative estimate of drug-likeness (QED) is 0.685. The van der Waals surface area contributed by atoms with Crippen LogP contribution in [0.15, 0.2) is 72.8 Å². The molecule has 1 amide bonds. The minimum atomic E-state index is -1.40. The Morgan fingerprint density at radius 1 is 0.897 bits per heavy atom. The normalized spacial score (nSPS) is 18.4. The number of fused-ring (bicyclic) bond motifs is 1. The predicted molar refractivity (Wildman–Crippen MR) is 99.6 cm³/mol. The fourth-order valence-electron chi connectivity index (χ4n) is 3.87. The number of nitrogens with zero attached hydrogens (tertiary/aromatic N) is 1. The SMILES string of the molecule is O=C([O-])[C@H]1c2ccccc2C(=O)N(Cc2ccc(F)cc2)[C@H]1c1ccccc1F. The Morgan fingerprint density at radius 2 is 1.52 bits per heavy atom. The van der Waals surface area contributed by atoms with E-state index >= 15 is 0 Å². The van der Waals surface area contributed by atoms with Crippen molar-refractivity contribution >= 4 is 11.9 Å². The molecule has 0 aromatic heterocycles. The third-order valence-electron chi connectivity index (χ3n) is 5.18. The van der Waals surface area contributed by atoms with Gasteiger partial charge in [-0.05, 0) is 35.4 Å². The molecule has 2 atom stereocenters. The summed E-state index contributed by atoms with van der Waals surface area (Å²) in [5.74, 6) is -4.11. The van der Waals surface area contributed by atoms with Crippen LogP contribution in [-0.2, 0) is 11.3 Å².